The second kappa shape index (κ2) is 6.74. The Bertz CT molecular complexity index is 683. The molecule has 0 saturated carbocycles. The van der Waals surface area contributed by atoms with Crippen LogP contribution in [0, 0.1) is 0 Å². The summed E-state index contributed by atoms with van der Waals surface area (Å²) < 4.78 is 34.1. The fourth-order valence-corrected chi connectivity index (χ4v) is 4.40. The lowest BCUT2D eigenvalue weighted by Gasteiger charge is -2.33. The highest BCUT2D eigenvalue weighted by molar-refractivity contribution is 7.90. The van der Waals surface area contributed by atoms with Gasteiger partial charge < -0.3 is 4.74 Å². The molecular formula is C14H17N3O3S2. The second-order valence-electron chi connectivity index (χ2n) is 4.84. The van der Waals surface area contributed by atoms with Crippen LogP contribution in [0.2, 0.25) is 0 Å². The van der Waals surface area contributed by atoms with Crippen molar-refractivity contribution in [3.63, 3.8) is 0 Å². The van der Waals surface area contributed by atoms with Gasteiger partial charge in [-0.3, -0.25) is 4.31 Å². The summed E-state index contributed by atoms with van der Waals surface area (Å²) >= 11 is 1.46. The number of aromatic nitrogens is 1. The largest absolute Gasteiger partial charge is 0.379 e. The highest BCUT2D eigenvalue weighted by Gasteiger charge is 2.31. The monoisotopic (exact) mass is 339 g/mol. The van der Waals surface area contributed by atoms with Gasteiger partial charge in [-0.1, -0.05) is 18.2 Å². The van der Waals surface area contributed by atoms with Crippen LogP contribution in [0.15, 0.2) is 41.2 Å². The Morgan fingerprint density at radius 3 is 2.59 bits per heavy atom. The van der Waals surface area contributed by atoms with Crippen molar-refractivity contribution in [3.05, 3.63) is 46.9 Å². The van der Waals surface area contributed by atoms with Crippen molar-refractivity contribution in [2.45, 2.75) is 6.54 Å². The lowest BCUT2D eigenvalue weighted by Crippen LogP contribution is -2.48. The number of ether oxygens (including phenoxy) is 1. The molecule has 8 heteroatoms. The van der Waals surface area contributed by atoms with Crippen molar-refractivity contribution in [2.24, 2.45) is 0 Å². The first-order valence-electron chi connectivity index (χ1n) is 6.95. The van der Waals surface area contributed by atoms with E-state index in [0.717, 1.165) is 5.69 Å². The van der Waals surface area contributed by atoms with Crippen LogP contribution in [-0.4, -0.2) is 44.0 Å². The molecule has 0 bridgehead atoms. The van der Waals surface area contributed by atoms with Crippen molar-refractivity contribution in [2.75, 3.05) is 30.6 Å². The molecule has 1 aliphatic rings. The zero-order valence-corrected chi connectivity index (χ0v) is 13.6. The van der Waals surface area contributed by atoms with Gasteiger partial charge in [-0.05, 0) is 12.1 Å². The van der Waals surface area contributed by atoms with Gasteiger partial charge >= 0.3 is 10.2 Å². The van der Waals surface area contributed by atoms with E-state index in [2.05, 4.69) is 4.98 Å². The number of anilines is 1. The van der Waals surface area contributed by atoms with Crippen LogP contribution < -0.4 is 4.31 Å². The van der Waals surface area contributed by atoms with Crippen molar-refractivity contribution in [1.29, 1.82) is 0 Å². The number of benzene rings is 1. The average Bonchev–Trinajstić information content (AvgIpc) is 3.07. The van der Waals surface area contributed by atoms with Gasteiger partial charge in [0.2, 0.25) is 0 Å². The van der Waals surface area contributed by atoms with Crippen LogP contribution in [0.25, 0.3) is 0 Å². The summed E-state index contributed by atoms with van der Waals surface area (Å²) in [6, 6.07) is 9.12. The van der Waals surface area contributed by atoms with E-state index >= 15 is 0 Å². The molecule has 0 unspecified atom stereocenters. The predicted molar refractivity (Wildman–Crippen MR) is 86.1 cm³/mol. The summed E-state index contributed by atoms with van der Waals surface area (Å²) in [6.45, 7) is 1.84. The van der Waals surface area contributed by atoms with Gasteiger partial charge in [-0.25, -0.2) is 4.98 Å². The van der Waals surface area contributed by atoms with Gasteiger partial charge in [-0.2, -0.15) is 12.7 Å². The smallest absolute Gasteiger partial charge is 0.304 e. The summed E-state index contributed by atoms with van der Waals surface area (Å²) in [5.41, 5.74) is 3.09. The first-order chi connectivity index (χ1) is 10.7. The maximum absolute atomic E-state index is 13.0. The highest BCUT2D eigenvalue weighted by Crippen LogP contribution is 2.23. The molecule has 3 rings (SSSR count). The maximum atomic E-state index is 13.0. The van der Waals surface area contributed by atoms with Crippen LogP contribution >= 0.6 is 11.3 Å². The third-order valence-electron chi connectivity index (χ3n) is 3.41. The average molecular weight is 339 g/mol. The van der Waals surface area contributed by atoms with Gasteiger partial charge in [0.25, 0.3) is 0 Å². The molecule has 1 aromatic carbocycles. The molecule has 0 spiro atoms. The molecule has 2 heterocycles. The minimum Gasteiger partial charge on any atom is -0.379 e. The van der Waals surface area contributed by atoms with Crippen molar-refractivity contribution in [1.82, 2.24) is 9.29 Å². The number of nitrogens with zero attached hydrogens (tertiary/aromatic N) is 3. The van der Waals surface area contributed by atoms with Crippen molar-refractivity contribution >= 4 is 27.2 Å². The lowest BCUT2D eigenvalue weighted by molar-refractivity contribution is 0.0729. The van der Waals surface area contributed by atoms with Crippen LogP contribution in [-0.2, 0) is 21.5 Å². The van der Waals surface area contributed by atoms with E-state index in [1.54, 1.807) is 17.6 Å². The fraction of sp³-hybridized carbons (Fsp3) is 0.357. The van der Waals surface area contributed by atoms with Gasteiger partial charge in [0.15, 0.2) is 0 Å². The third-order valence-corrected chi connectivity index (χ3v) is 5.96. The zero-order chi connectivity index (χ0) is 15.4. The minimum atomic E-state index is -3.60. The molecule has 1 fully saturated rings. The Morgan fingerprint density at radius 2 is 1.95 bits per heavy atom. The van der Waals surface area contributed by atoms with E-state index in [0.29, 0.717) is 32.0 Å². The molecule has 0 radical (unpaired) electrons. The number of rotatable bonds is 5. The minimum absolute atomic E-state index is 0.229. The normalized spacial score (nSPS) is 16.5. The van der Waals surface area contributed by atoms with Crippen molar-refractivity contribution in [3.8, 4) is 0 Å². The zero-order valence-electron chi connectivity index (χ0n) is 12.0. The Labute approximate surface area is 134 Å². The number of hydrogen-bond acceptors (Lipinski definition) is 5. The topological polar surface area (TPSA) is 62.7 Å². The van der Waals surface area contributed by atoms with Gasteiger partial charge in [0.05, 0.1) is 36.7 Å². The lowest BCUT2D eigenvalue weighted by atomic mass is 10.3. The molecule has 1 aromatic heterocycles. The molecule has 0 atom stereocenters. The number of thiazole rings is 1. The molecule has 22 heavy (non-hydrogen) atoms. The quantitative estimate of drug-likeness (QED) is 0.832. The fourth-order valence-electron chi connectivity index (χ4n) is 2.28. The van der Waals surface area contributed by atoms with Crippen LogP contribution in [0.1, 0.15) is 5.69 Å². The third kappa shape index (κ3) is 3.30. The van der Waals surface area contributed by atoms with Crippen LogP contribution in [0.5, 0.6) is 0 Å². The van der Waals surface area contributed by atoms with E-state index in [-0.39, 0.29) is 6.54 Å². The molecule has 1 saturated heterocycles. The molecular weight excluding hydrogens is 322 g/mol. The maximum Gasteiger partial charge on any atom is 0.304 e. The van der Waals surface area contributed by atoms with E-state index in [4.69, 9.17) is 4.74 Å². The van der Waals surface area contributed by atoms with Crippen LogP contribution in [0.3, 0.4) is 0 Å². The molecule has 2 aromatic rings. The summed E-state index contributed by atoms with van der Waals surface area (Å²) in [6.07, 6.45) is 0. The number of morpholine rings is 1. The van der Waals surface area contributed by atoms with E-state index in [1.165, 1.54) is 19.9 Å². The van der Waals surface area contributed by atoms with Crippen molar-refractivity contribution < 1.29 is 13.2 Å². The van der Waals surface area contributed by atoms with Gasteiger partial charge in [-0.15, -0.1) is 11.3 Å². The molecule has 0 aliphatic carbocycles. The summed E-state index contributed by atoms with van der Waals surface area (Å²) in [5, 5.41) is 1.87. The summed E-state index contributed by atoms with van der Waals surface area (Å²) in [4.78, 5) is 4.21. The number of hydrogen-bond donors (Lipinski definition) is 0. The molecule has 0 N–H and O–H groups in total. The van der Waals surface area contributed by atoms with Crippen LogP contribution in [0.4, 0.5) is 5.69 Å². The summed E-state index contributed by atoms with van der Waals surface area (Å²) in [7, 11) is -3.60. The Kier molecular flexibility index (Phi) is 4.72. The highest BCUT2D eigenvalue weighted by atomic mass is 32.2. The van der Waals surface area contributed by atoms with E-state index < -0.39 is 10.2 Å². The molecule has 0 amide bonds. The number of para-hydroxylation sites is 1. The van der Waals surface area contributed by atoms with Gasteiger partial charge in [0.1, 0.15) is 0 Å². The van der Waals surface area contributed by atoms with E-state index in [1.807, 2.05) is 23.6 Å². The standard InChI is InChI=1S/C14H17N3O3S2/c18-22(19,16-6-8-20-9-7-16)17(10-13-11-21-12-15-13)14-4-2-1-3-5-14/h1-5,11-12H,6-10H2. The first-order valence-corrected chi connectivity index (χ1v) is 9.29. The second-order valence-corrected chi connectivity index (χ2v) is 7.41. The van der Waals surface area contributed by atoms with E-state index in [9.17, 15) is 8.42 Å². The molecule has 118 valence electrons. The summed E-state index contributed by atoms with van der Waals surface area (Å²) in [5.74, 6) is 0. The molecule has 1 aliphatic heterocycles. The Hall–Kier alpha value is -1.48. The Morgan fingerprint density at radius 1 is 1.23 bits per heavy atom. The SMILES string of the molecule is O=S(=O)(N1CCOCC1)N(Cc1cscn1)c1ccccc1. The van der Waals surface area contributed by atoms with Gasteiger partial charge in [0, 0.05) is 18.5 Å². The first kappa shape index (κ1) is 15.4. The Balaban J connectivity index is 1.93. The predicted octanol–water partition coefficient (Wildman–Crippen LogP) is 1.73. The molecule has 6 nitrogen and oxygen atoms in total.